The predicted octanol–water partition coefficient (Wildman–Crippen LogP) is 3.99. The molecule has 7 heteroatoms. The van der Waals surface area contributed by atoms with E-state index in [1.807, 2.05) is 58.9 Å². The van der Waals surface area contributed by atoms with Crippen LogP contribution in [0.25, 0.3) is 22.5 Å². The van der Waals surface area contributed by atoms with Gasteiger partial charge in [-0.2, -0.15) is 0 Å². The van der Waals surface area contributed by atoms with Gasteiger partial charge in [0.25, 0.3) is 0 Å². The molecule has 0 aliphatic rings. The maximum Gasteiger partial charge on any atom is 0.323 e. The highest BCUT2D eigenvalue weighted by molar-refractivity contribution is 5.80. The van der Waals surface area contributed by atoms with E-state index >= 15 is 0 Å². The van der Waals surface area contributed by atoms with E-state index in [4.69, 9.17) is 4.74 Å². The molecule has 3 rings (SSSR count). The molecule has 0 unspecified atom stereocenters. The quantitative estimate of drug-likeness (QED) is 0.575. The summed E-state index contributed by atoms with van der Waals surface area (Å²) in [6.45, 7) is 10.3. The van der Waals surface area contributed by atoms with E-state index < -0.39 is 5.60 Å². The Kier molecular flexibility index (Phi) is 6.62. The number of rotatable bonds is 7. The average Bonchev–Trinajstić information content (AvgIpc) is 3.22. The number of hydrogen-bond acceptors (Lipinski definition) is 6. The SMILES string of the molecule is CC(C)[C@H](NCc1ccc(-c2ccccc2-c2nnn[nH]2)cc1)C(=O)OC(C)(C)C. The summed E-state index contributed by atoms with van der Waals surface area (Å²) in [7, 11) is 0. The van der Waals surface area contributed by atoms with E-state index in [1.54, 1.807) is 0 Å². The summed E-state index contributed by atoms with van der Waals surface area (Å²) in [5.41, 5.74) is 3.65. The molecule has 0 spiro atoms. The summed E-state index contributed by atoms with van der Waals surface area (Å²) >= 11 is 0. The smallest absolute Gasteiger partial charge is 0.323 e. The molecule has 2 N–H and O–H groups in total. The van der Waals surface area contributed by atoms with Crippen molar-refractivity contribution in [3.05, 3.63) is 54.1 Å². The molecule has 158 valence electrons. The van der Waals surface area contributed by atoms with E-state index in [2.05, 4.69) is 50.2 Å². The zero-order valence-electron chi connectivity index (χ0n) is 18.1. The van der Waals surface area contributed by atoms with Crippen molar-refractivity contribution in [2.75, 3.05) is 0 Å². The van der Waals surface area contributed by atoms with E-state index in [1.165, 1.54) is 0 Å². The Balaban J connectivity index is 1.72. The van der Waals surface area contributed by atoms with Gasteiger partial charge in [-0.1, -0.05) is 62.4 Å². The van der Waals surface area contributed by atoms with Crippen LogP contribution in [0.4, 0.5) is 0 Å². The second-order valence-corrected chi connectivity index (χ2v) is 8.63. The van der Waals surface area contributed by atoms with E-state index in [0.717, 1.165) is 22.3 Å². The summed E-state index contributed by atoms with van der Waals surface area (Å²) in [4.78, 5) is 12.5. The minimum Gasteiger partial charge on any atom is -0.459 e. The van der Waals surface area contributed by atoms with Crippen LogP contribution < -0.4 is 5.32 Å². The number of benzene rings is 2. The highest BCUT2D eigenvalue weighted by atomic mass is 16.6. The van der Waals surface area contributed by atoms with Crippen LogP contribution in [0.5, 0.6) is 0 Å². The van der Waals surface area contributed by atoms with Gasteiger partial charge in [0.2, 0.25) is 0 Å². The molecule has 0 fully saturated rings. The fourth-order valence-corrected chi connectivity index (χ4v) is 3.20. The Hall–Kier alpha value is -3.06. The Morgan fingerprint density at radius 1 is 1.07 bits per heavy atom. The fourth-order valence-electron chi connectivity index (χ4n) is 3.20. The van der Waals surface area contributed by atoms with Crippen LogP contribution >= 0.6 is 0 Å². The molecule has 0 saturated carbocycles. The number of aromatic nitrogens is 4. The number of ether oxygens (including phenoxy) is 1. The largest absolute Gasteiger partial charge is 0.459 e. The van der Waals surface area contributed by atoms with E-state index in [-0.39, 0.29) is 17.9 Å². The van der Waals surface area contributed by atoms with Gasteiger partial charge in [-0.05, 0) is 53.8 Å². The molecule has 3 aromatic rings. The van der Waals surface area contributed by atoms with Crippen LogP contribution in [0, 0.1) is 5.92 Å². The van der Waals surface area contributed by atoms with Crippen LogP contribution in [-0.4, -0.2) is 38.2 Å². The summed E-state index contributed by atoms with van der Waals surface area (Å²) in [5, 5.41) is 17.5. The molecule has 7 nitrogen and oxygen atoms in total. The second-order valence-electron chi connectivity index (χ2n) is 8.63. The van der Waals surface area contributed by atoms with Gasteiger partial charge >= 0.3 is 5.97 Å². The molecule has 1 aromatic heterocycles. The zero-order valence-corrected chi connectivity index (χ0v) is 18.1. The van der Waals surface area contributed by atoms with Gasteiger partial charge in [0.1, 0.15) is 11.6 Å². The summed E-state index contributed by atoms with van der Waals surface area (Å²) in [6, 6.07) is 15.9. The average molecular weight is 408 g/mol. The molecule has 0 aliphatic heterocycles. The van der Waals surface area contributed by atoms with Crippen molar-refractivity contribution < 1.29 is 9.53 Å². The molecule has 0 radical (unpaired) electrons. The number of hydrogen-bond donors (Lipinski definition) is 2. The normalized spacial score (nSPS) is 12.7. The molecule has 0 amide bonds. The highest BCUT2D eigenvalue weighted by Gasteiger charge is 2.27. The standard InChI is InChI=1S/C23H29N5O2/c1-15(2)20(22(29)30-23(3,4)5)24-14-16-10-12-17(13-11-16)18-8-6-7-9-19(18)21-25-27-28-26-21/h6-13,15,20,24H,14H2,1-5H3,(H,25,26,27,28)/t20-/m0/s1. The number of nitrogens with zero attached hydrogens (tertiary/aromatic N) is 3. The lowest BCUT2D eigenvalue weighted by molar-refractivity contribution is -0.158. The molecule has 30 heavy (non-hydrogen) atoms. The number of esters is 1. The van der Waals surface area contributed by atoms with Gasteiger partial charge in [-0.15, -0.1) is 5.10 Å². The van der Waals surface area contributed by atoms with Crippen molar-refractivity contribution in [3.8, 4) is 22.5 Å². The van der Waals surface area contributed by atoms with Crippen LogP contribution in [0.1, 0.15) is 40.2 Å². The van der Waals surface area contributed by atoms with E-state index in [0.29, 0.717) is 12.4 Å². The summed E-state index contributed by atoms with van der Waals surface area (Å²) in [5.74, 6) is 0.540. The first-order chi connectivity index (χ1) is 14.2. The zero-order chi connectivity index (χ0) is 21.7. The maximum atomic E-state index is 12.5. The molecular formula is C23H29N5O2. The Labute approximate surface area is 177 Å². The van der Waals surface area contributed by atoms with Gasteiger partial charge in [-0.25, -0.2) is 5.10 Å². The third kappa shape index (κ3) is 5.51. The van der Waals surface area contributed by atoms with Crippen LogP contribution in [0.2, 0.25) is 0 Å². The Bertz CT molecular complexity index is 960. The Morgan fingerprint density at radius 3 is 2.30 bits per heavy atom. The number of carbonyl (C=O) groups excluding carboxylic acids is 1. The molecule has 1 atom stereocenters. The number of carbonyl (C=O) groups is 1. The lowest BCUT2D eigenvalue weighted by Gasteiger charge is -2.26. The molecule has 0 bridgehead atoms. The first kappa shape index (κ1) is 21.6. The molecule has 2 aromatic carbocycles. The minimum absolute atomic E-state index is 0.126. The lowest BCUT2D eigenvalue weighted by Crippen LogP contribution is -2.44. The first-order valence-electron chi connectivity index (χ1n) is 10.1. The van der Waals surface area contributed by atoms with Crippen LogP contribution in [0.3, 0.4) is 0 Å². The second kappa shape index (κ2) is 9.17. The number of aromatic amines is 1. The first-order valence-corrected chi connectivity index (χ1v) is 10.1. The number of H-pyrrole nitrogens is 1. The molecule has 0 aliphatic carbocycles. The van der Waals surface area contributed by atoms with Gasteiger partial charge in [0, 0.05) is 12.1 Å². The maximum absolute atomic E-state index is 12.5. The van der Waals surface area contributed by atoms with Gasteiger partial charge in [-0.3, -0.25) is 4.79 Å². The van der Waals surface area contributed by atoms with Crippen LogP contribution in [0.15, 0.2) is 48.5 Å². The minimum atomic E-state index is -0.500. The monoisotopic (exact) mass is 407 g/mol. The molecule has 1 heterocycles. The molecule has 0 saturated heterocycles. The van der Waals surface area contributed by atoms with Crippen molar-refractivity contribution in [2.45, 2.75) is 52.8 Å². The van der Waals surface area contributed by atoms with Crippen molar-refractivity contribution >= 4 is 5.97 Å². The lowest BCUT2D eigenvalue weighted by atomic mass is 9.98. The summed E-state index contributed by atoms with van der Waals surface area (Å²) in [6.07, 6.45) is 0. The highest BCUT2D eigenvalue weighted by Crippen LogP contribution is 2.29. The van der Waals surface area contributed by atoms with Gasteiger partial charge in [0.15, 0.2) is 5.82 Å². The van der Waals surface area contributed by atoms with Crippen molar-refractivity contribution in [1.82, 2.24) is 25.9 Å². The van der Waals surface area contributed by atoms with Crippen molar-refractivity contribution in [1.29, 1.82) is 0 Å². The third-order valence-corrected chi connectivity index (χ3v) is 4.65. The van der Waals surface area contributed by atoms with Crippen molar-refractivity contribution in [2.24, 2.45) is 5.92 Å². The van der Waals surface area contributed by atoms with Crippen molar-refractivity contribution in [3.63, 3.8) is 0 Å². The third-order valence-electron chi connectivity index (χ3n) is 4.65. The Morgan fingerprint density at radius 2 is 1.73 bits per heavy atom. The van der Waals surface area contributed by atoms with Crippen LogP contribution in [-0.2, 0) is 16.1 Å². The van der Waals surface area contributed by atoms with E-state index in [9.17, 15) is 4.79 Å². The van der Waals surface area contributed by atoms with Gasteiger partial charge < -0.3 is 10.1 Å². The number of nitrogens with one attached hydrogen (secondary N) is 2. The topological polar surface area (TPSA) is 92.8 Å². The predicted molar refractivity (Wildman–Crippen MR) is 116 cm³/mol. The molecular weight excluding hydrogens is 378 g/mol. The summed E-state index contributed by atoms with van der Waals surface area (Å²) < 4.78 is 5.55. The number of tetrazole rings is 1. The fraction of sp³-hybridized carbons (Fsp3) is 0.391. The van der Waals surface area contributed by atoms with Gasteiger partial charge in [0.05, 0.1) is 0 Å².